The summed E-state index contributed by atoms with van der Waals surface area (Å²) >= 11 is 1.82. The normalized spacial score (nSPS) is 11.6. The molecule has 0 atom stereocenters. The summed E-state index contributed by atoms with van der Waals surface area (Å²) in [4.78, 5) is 32.8. The molecular weight excluding hydrogens is 366 g/mol. The summed E-state index contributed by atoms with van der Waals surface area (Å²) in [5.74, 6) is -2.51. The Morgan fingerprint density at radius 3 is 2.56 bits per heavy atom. The number of thiazole rings is 1. The number of carboxylic acids is 2. The van der Waals surface area contributed by atoms with Gasteiger partial charge < -0.3 is 15.2 Å². The number of fused-ring (bicyclic) bond motifs is 3. The number of carbonyl (C=O) groups is 2. The number of H-pyrrole nitrogens is 1. The number of aromatic amines is 1. The Balaban J connectivity index is 0.000000226. The average molecular weight is 383 g/mol. The van der Waals surface area contributed by atoms with E-state index in [2.05, 4.69) is 41.2 Å². The van der Waals surface area contributed by atoms with Crippen LogP contribution < -0.4 is 0 Å². The Bertz CT molecular complexity index is 1000. The zero-order chi connectivity index (χ0) is 19.4. The molecule has 0 bridgehead atoms. The first-order valence-electron chi connectivity index (χ1n) is 8.13. The number of nitrogens with one attached hydrogen (secondary N) is 1. The van der Waals surface area contributed by atoms with Crippen molar-refractivity contribution in [2.45, 2.75) is 19.8 Å². The molecule has 2 heterocycles. The highest BCUT2D eigenvalue weighted by Gasteiger charge is 2.23. The molecular formula is C19H17N3O4S. The lowest BCUT2D eigenvalue weighted by Crippen LogP contribution is -1.91. The molecule has 3 N–H and O–H groups in total. The van der Waals surface area contributed by atoms with E-state index in [-0.39, 0.29) is 0 Å². The van der Waals surface area contributed by atoms with E-state index < -0.39 is 11.9 Å². The van der Waals surface area contributed by atoms with Crippen molar-refractivity contribution in [1.29, 1.82) is 0 Å². The van der Waals surface area contributed by atoms with Gasteiger partial charge in [0.05, 0.1) is 22.7 Å². The minimum absolute atomic E-state index is 0.558. The van der Waals surface area contributed by atoms with E-state index >= 15 is 0 Å². The average Bonchev–Trinajstić information content (AvgIpc) is 3.29. The van der Waals surface area contributed by atoms with Crippen LogP contribution in [0.2, 0.25) is 0 Å². The molecule has 4 rings (SSSR count). The molecule has 1 aliphatic carbocycles. The van der Waals surface area contributed by atoms with E-state index in [1.165, 1.54) is 21.7 Å². The maximum absolute atomic E-state index is 9.55. The monoisotopic (exact) mass is 383 g/mol. The number of rotatable bonds is 4. The van der Waals surface area contributed by atoms with Crippen molar-refractivity contribution < 1.29 is 19.8 Å². The van der Waals surface area contributed by atoms with E-state index in [1.54, 1.807) is 6.33 Å². The van der Waals surface area contributed by atoms with Crippen LogP contribution in [-0.2, 0) is 22.4 Å². The highest BCUT2D eigenvalue weighted by molar-refractivity contribution is 7.12. The molecule has 0 spiro atoms. The molecule has 0 aliphatic heterocycles. The first-order valence-corrected chi connectivity index (χ1v) is 8.95. The van der Waals surface area contributed by atoms with Gasteiger partial charge in [-0.3, -0.25) is 0 Å². The number of hydrogen-bond acceptors (Lipinski definition) is 5. The quantitative estimate of drug-likeness (QED) is 0.467. The highest BCUT2D eigenvalue weighted by Crippen LogP contribution is 2.39. The Labute approximate surface area is 159 Å². The van der Waals surface area contributed by atoms with Gasteiger partial charge in [0.15, 0.2) is 0 Å². The van der Waals surface area contributed by atoms with Crippen LogP contribution in [0.3, 0.4) is 0 Å². The van der Waals surface area contributed by atoms with Crippen LogP contribution in [0.25, 0.3) is 11.3 Å². The SMILES string of the molecule is Cc1[nH]cnc1Cc1nc2c(s1)Cc1ccccc1-2.O=C(O)/C=C/C(=O)O. The van der Waals surface area contributed by atoms with Crippen molar-refractivity contribution in [3.63, 3.8) is 0 Å². The Kier molecular flexibility index (Phi) is 5.46. The maximum Gasteiger partial charge on any atom is 0.328 e. The number of aromatic nitrogens is 3. The van der Waals surface area contributed by atoms with Gasteiger partial charge in [0.25, 0.3) is 0 Å². The van der Waals surface area contributed by atoms with Crippen LogP contribution in [0.5, 0.6) is 0 Å². The van der Waals surface area contributed by atoms with Crippen LogP contribution in [-0.4, -0.2) is 37.1 Å². The summed E-state index contributed by atoms with van der Waals surface area (Å²) in [5.41, 5.74) is 6.12. The van der Waals surface area contributed by atoms with E-state index in [0.29, 0.717) is 12.2 Å². The van der Waals surface area contributed by atoms with Crippen molar-refractivity contribution in [2.75, 3.05) is 0 Å². The third-order valence-corrected chi connectivity index (χ3v) is 5.04. The molecule has 8 heteroatoms. The molecule has 0 saturated heterocycles. The van der Waals surface area contributed by atoms with Gasteiger partial charge in [0.1, 0.15) is 0 Å². The zero-order valence-electron chi connectivity index (χ0n) is 14.5. The van der Waals surface area contributed by atoms with Crippen molar-refractivity contribution in [1.82, 2.24) is 15.0 Å². The van der Waals surface area contributed by atoms with Gasteiger partial charge in [-0.2, -0.15) is 0 Å². The number of hydrogen-bond donors (Lipinski definition) is 3. The molecule has 2 aromatic heterocycles. The molecule has 7 nitrogen and oxygen atoms in total. The van der Waals surface area contributed by atoms with Crippen LogP contribution in [0.4, 0.5) is 0 Å². The van der Waals surface area contributed by atoms with Crippen molar-refractivity contribution in [3.8, 4) is 11.3 Å². The number of nitrogens with zero attached hydrogens (tertiary/aromatic N) is 2. The molecule has 0 saturated carbocycles. The van der Waals surface area contributed by atoms with Crippen LogP contribution >= 0.6 is 11.3 Å². The Morgan fingerprint density at radius 1 is 1.22 bits per heavy atom. The third-order valence-electron chi connectivity index (χ3n) is 3.99. The molecule has 1 aromatic carbocycles. The summed E-state index contributed by atoms with van der Waals surface area (Å²) < 4.78 is 0. The lowest BCUT2D eigenvalue weighted by molar-refractivity contribution is -0.134. The summed E-state index contributed by atoms with van der Waals surface area (Å²) in [6, 6.07) is 8.56. The number of benzene rings is 1. The summed E-state index contributed by atoms with van der Waals surface area (Å²) in [6.45, 7) is 2.05. The molecule has 1 aliphatic rings. The Morgan fingerprint density at radius 2 is 1.93 bits per heavy atom. The largest absolute Gasteiger partial charge is 0.478 e. The van der Waals surface area contributed by atoms with Gasteiger partial charge in [-0.15, -0.1) is 11.3 Å². The van der Waals surface area contributed by atoms with Crippen molar-refractivity contribution >= 4 is 23.3 Å². The summed E-state index contributed by atoms with van der Waals surface area (Å²) in [5, 5.41) is 16.8. The van der Waals surface area contributed by atoms with Gasteiger partial charge in [-0.1, -0.05) is 24.3 Å². The predicted molar refractivity (Wildman–Crippen MR) is 101 cm³/mol. The van der Waals surface area contributed by atoms with Crippen LogP contribution in [0.1, 0.15) is 26.8 Å². The second kappa shape index (κ2) is 7.96. The van der Waals surface area contributed by atoms with Crippen LogP contribution in [0.15, 0.2) is 42.7 Å². The van der Waals surface area contributed by atoms with Gasteiger partial charge in [0.2, 0.25) is 0 Å². The molecule has 138 valence electrons. The smallest absolute Gasteiger partial charge is 0.328 e. The number of imidazole rings is 1. The van der Waals surface area contributed by atoms with Gasteiger partial charge in [-0.05, 0) is 12.5 Å². The van der Waals surface area contributed by atoms with E-state index in [9.17, 15) is 9.59 Å². The fourth-order valence-corrected chi connectivity index (χ4v) is 3.85. The second-order valence-electron chi connectivity index (χ2n) is 5.87. The van der Waals surface area contributed by atoms with Crippen LogP contribution in [0, 0.1) is 6.92 Å². The lowest BCUT2D eigenvalue weighted by atomic mass is 10.1. The fourth-order valence-electron chi connectivity index (χ4n) is 2.74. The van der Waals surface area contributed by atoms with Gasteiger partial charge >= 0.3 is 11.9 Å². The molecule has 0 fully saturated rings. The van der Waals surface area contributed by atoms with Crippen molar-refractivity contribution in [2.24, 2.45) is 0 Å². The second-order valence-corrected chi connectivity index (χ2v) is 7.04. The van der Waals surface area contributed by atoms with E-state index in [4.69, 9.17) is 15.2 Å². The molecule has 27 heavy (non-hydrogen) atoms. The van der Waals surface area contributed by atoms with Gasteiger partial charge in [0, 0.05) is 41.1 Å². The molecule has 3 aromatic rings. The summed E-state index contributed by atoms with van der Waals surface area (Å²) in [6.07, 6.45) is 4.73. The summed E-state index contributed by atoms with van der Waals surface area (Å²) in [7, 11) is 0. The number of carboxylic acid groups (broad SMARTS) is 2. The first kappa shape index (κ1) is 18.5. The minimum Gasteiger partial charge on any atom is -0.478 e. The number of aryl methyl sites for hydroxylation is 1. The Hall–Kier alpha value is -3.26. The topological polar surface area (TPSA) is 116 Å². The lowest BCUT2D eigenvalue weighted by Gasteiger charge is -1.98. The molecule has 0 unspecified atom stereocenters. The van der Waals surface area contributed by atoms with E-state index in [0.717, 1.165) is 29.2 Å². The fraction of sp³-hybridized carbons (Fsp3) is 0.158. The predicted octanol–water partition coefficient (Wildman–Crippen LogP) is 3.05. The zero-order valence-corrected chi connectivity index (χ0v) is 15.3. The maximum atomic E-state index is 9.55. The number of aliphatic carboxylic acids is 2. The van der Waals surface area contributed by atoms with Crippen molar-refractivity contribution in [3.05, 3.63) is 69.6 Å². The standard InChI is InChI=1S/C15H13N3S.C4H4O4/c1-9-12(17-8-16-9)7-14-18-15-11-5-3-2-4-10(11)6-13(15)19-14;5-3(6)1-2-4(7)8/h2-5,8H,6-7H2,1H3,(H,16,17);1-2H,(H,5,6)(H,7,8)/b;2-1+. The highest BCUT2D eigenvalue weighted by atomic mass is 32.1. The van der Waals surface area contributed by atoms with E-state index in [1.807, 2.05) is 11.3 Å². The molecule has 0 amide bonds. The first-order chi connectivity index (χ1) is 12.9. The molecule has 0 radical (unpaired) electrons. The van der Waals surface area contributed by atoms with Gasteiger partial charge in [-0.25, -0.2) is 19.6 Å². The minimum atomic E-state index is -1.26. The third kappa shape index (κ3) is 4.48.